The Labute approximate surface area is 118 Å². The van der Waals surface area contributed by atoms with Gasteiger partial charge in [-0.2, -0.15) is 0 Å². The fourth-order valence-corrected chi connectivity index (χ4v) is 2.10. The van der Waals surface area contributed by atoms with Crippen molar-refractivity contribution in [3.63, 3.8) is 0 Å². The first kappa shape index (κ1) is 14.3. The molecule has 20 heavy (non-hydrogen) atoms. The van der Waals surface area contributed by atoms with Gasteiger partial charge < -0.3 is 5.32 Å². The van der Waals surface area contributed by atoms with Gasteiger partial charge in [0.1, 0.15) is 5.82 Å². The van der Waals surface area contributed by atoms with Crippen molar-refractivity contribution in [2.45, 2.75) is 25.8 Å². The van der Waals surface area contributed by atoms with Crippen LogP contribution in [-0.2, 0) is 6.42 Å². The molecule has 0 saturated carbocycles. The van der Waals surface area contributed by atoms with Gasteiger partial charge in [-0.25, -0.2) is 4.39 Å². The van der Waals surface area contributed by atoms with Crippen LogP contribution in [0, 0.1) is 5.82 Å². The molecule has 2 rings (SSSR count). The van der Waals surface area contributed by atoms with Crippen LogP contribution in [0.4, 0.5) is 4.39 Å². The van der Waals surface area contributed by atoms with Crippen LogP contribution in [0.2, 0.25) is 0 Å². The van der Waals surface area contributed by atoms with Crippen LogP contribution < -0.4 is 5.32 Å². The fraction of sp³-hybridized carbons (Fsp3) is 0.235. The lowest BCUT2D eigenvalue weighted by Crippen LogP contribution is -2.36. The molecule has 0 radical (unpaired) electrons. The van der Waals surface area contributed by atoms with Crippen molar-refractivity contribution < 1.29 is 9.18 Å². The molecule has 0 unspecified atom stereocenters. The maximum Gasteiger partial charge on any atom is 0.254 e. The highest BCUT2D eigenvalue weighted by atomic mass is 19.1. The number of nitrogens with one attached hydrogen (secondary N) is 1. The minimum absolute atomic E-state index is 0.00417. The summed E-state index contributed by atoms with van der Waals surface area (Å²) in [5.41, 5.74) is 1.26. The molecule has 0 bridgehead atoms. The lowest BCUT2D eigenvalue weighted by atomic mass is 10.0. The monoisotopic (exact) mass is 271 g/mol. The highest BCUT2D eigenvalue weighted by molar-refractivity contribution is 5.94. The number of benzene rings is 2. The fourth-order valence-electron chi connectivity index (χ4n) is 2.10. The van der Waals surface area contributed by atoms with E-state index >= 15 is 0 Å². The lowest BCUT2D eigenvalue weighted by molar-refractivity contribution is 0.0931. The summed E-state index contributed by atoms with van der Waals surface area (Å²) in [5.74, 6) is -0.842. The molecule has 3 heteroatoms. The predicted molar refractivity (Wildman–Crippen MR) is 78.1 cm³/mol. The first-order valence-corrected chi connectivity index (χ1v) is 6.80. The summed E-state index contributed by atoms with van der Waals surface area (Å²) in [4.78, 5) is 12.1. The van der Waals surface area contributed by atoms with E-state index in [9.17, 15) is 9.18 Å². The topological polar surface area (TPSA) is 29.1 Å². The molecule has 1 amide bonds. The van der Waals surface area contributed by atoms with Crippen LogP contribution in [0.25, 0.3) is 0 Å². The highest BCUT2D eigenvalue weighted by Crippen LogP contribution is 2.09. The third-order valence-corrected chi connectivity index (χ3v) is 3.27. The molecular weight excluding hydrogens is 253 g/mol. The van der Waals surface area contributed by atoms with Crippen molar-refractivity contribution in [3.8, 4) is 0 Å². The Bertz CT molecular complexity index is 568. The van der Waals surface area contributed by atoms with E-state index in [2.05, 4.69) is 5.32 Å². The molecule has 0 spiro atoms. The van der Waals surface area contributed by atoms with Crippen LogP contribution >= 0.6 is 0 Å². The zero-order chi connectivity index (χ0) is 14.4. The summed E-state index contributed by atoms with van der Waals surface area (Å²) in [6.45, 7) is 2.01. The Hall–Kier alpha value is -2.16. The summed E-state index contributed by atoms with van der Waals surface area (Å²) in [6, 6.07) is 16.0. The number of carbonyl (C=O) groups excluding carboxylic acids is 1. The van der Waals surface area contributed by atoms with Gasteiger partial charge in [0.25, 0.3) is 5.91 Å². The number of halogens is 1. The van der Waals surface area contributed by atoms with Gasteiger partial charge in [-0.05, 0) is 30.5 Å². The van der Waals surface area contributed by atoms with Crippen molar-refractivity contribution in [2.75, 3.05) is 0 Å². The maximum absolute atomic E-state index is 13.6. The molecule has 2 aromatic rings. The molecule has 2 nitrogen and oxygen atoms in total. The lowest BCUT2D eigenvalue weighted by Gasteiger charge is -2.17. The second-order valence-corrected chi connectivity index (χ2v) is 4.75. The van der Waals surface area contributed by atoms with E-state index in [1.54, 1.807) is 12.1 Å². The summed E-state index contributed by atoms with van der Waals surface area (Å²) < 4.78 is 13.6. The van der Waals surface area contributed by atoms with Crippen LogP contribution in [0.1, 0.15) is 29.3 Å². The molecule has 0 fully saturated rings. The largest absolute Gasteiger partial charge is 0.349 e. The van der Waals surface area contributed by atoms with Gasteiger partial charge in [0.2, 0.25) is 0 Å². The molecule has 1 atom stereocenters. The number of hydrogen-bond donors (Lipinski definition) is 1. The van der Waals surface area contributed by atoms with E-state index in [0.29, 0.717) is 0 Å². The maximum atomic E-state index is 13.6. The van der Waals surface area contributed by atoms with E-state index in [0.717, 1.165) is 18.4 Å². The molecule has 1 N–H and O–H groups in total. The Morgan fingerprint density at radius 2 is 1.75 bits per heavy atom. The van der Waals surface area contributed by atoms with Crippen molar-refractivity contribution in [1.29, 1.82) is 0 Å². The smallest absolute Gasteiger partial charge is 0.254 e. The summed E-state index contributed by atoms with van der Waals surface area (Å²) in [6.07, 6.45) is 1.55. The van der Waals surface area contributed by atoms with Crippen molar-refractivity contribution in [1.82, 2.24) is 5.32 Å². The standard InChI is InChI=1S/C17H18FNO/c1-2-14(12-13-8-4-3-5-9-13)19-17(20)15-10-6-7-11-16(15)18/h3-11,14H,2,12H2,1H3,(H,19,20)/t14-/m1/s1. The van der Waals surface area contributed by atoms with Crippen LogP contribution in [-0.4, -0.2) is 11.9 Å². The minimum atomic E-state index is -0.487. The predicted octanol–water partition coefficient (Wildman–Crippen LogP) is 3.58. The SMILES string of the molecule is CC[C@H](Cc1ccccc1)NC(=O)c1ccccc1F. The summed E-state index contributed by atoms with van der Waals surface area (Å²) in [5, 5.41) is 2.89. The average Bonchev–Trinajstić information content (AvgIpc) is 2.48. The van der Waals surface area contributed by atoms with Gasteiger partial charge in [0.15, 0.2) is 0 Å². The third-order valence-electron chi connectivity index (χ3n) is 3.27. The first-order valence-electron chi connectivity index (χ1n) is 6.80. The van der Waals surface area contributed by atoms with E-state index in [1.165, 1.54) is 12.1 Å². The normalized spacial score (nSPS) is 11.9. The van der Waals surface area contributed by atoms with E-state index in [-0.39, 0.29) is 17.5 Å². The van der Waals surface area contributed by atoms with Gasteiger partial charge in [0.05, 0.1) is 5.56 Å². The van der Waals surface area contributed by atoms with Crippen LogP contribution in [0.5, 0.6) is 0 Å². The average molecular weight is 271 g/mol. The molecular formula is C17H18FNO. The van der Waals surface area contributed by atoms with E-state index in [1.807, 2.05) is 37.3 Å². The Kier molecular flexibility index (Phi) is 4.88. The molecule has 0 heterocycles. The zero-order valence-corrected chi connectivity index (χ0v) is 11.5. The number of amides is 1. The van der Waals surface area contributed by atoms with Crippen molar-refractivity contribution >= 4 is 5.91 Å². The number of carbonyl (C=O) groups is 1. The van der Waals surface area contributed by atoms with Gasteiger partial charge in [-0.3, -0.25) is 4.79 Å². The molecule has 0 aromatic heterocycles. The summed E-state index contributed by atoms with van der Waals surface area (Å²) >= 11 is 0. The Morgan fingerprint density at radius 3 is 2.40 bits per heavy atom. The second-order valence-electron chi connectivity index (χ2n) is 4.75. The van der Waals surface area contributed by atoms with Crippen molar-refractivity contribution in [2.24, 2.45) is 0 Å². The van der Waals surface area contributed by atoms with Gasteiger partial charge in [-0.1, -0.05) is 49.4 Å². The summed E-state index contributed by atoms with van der Waals surface area (Å²) in [7, 11) is 0. The van der Waals surface area contributed by atoms with Crippen molar-refractivity contribution in [3.05, 3.63) is 71.5 Å². The van der Waals surface area contributed by atoms with Gasteiger partial charge in [-0.15, -0.1) is 0 Å². The zero-order valence-electron chi connectivity index (χ0n) is 11.5. The molecule has 0 aliphatic heterocycles. The number of rotatable bonds is 5. The Morgan fingerprint density at radius 1 is 1.10 bits per heavy atom. The number of hydrogen-bond acceptors (Lipinski definition) is 1. The molecule has 104 valence electrons. The molecule has 2 aromatic carbocycles. The third kappa shape index (κ3) is 3.67. The van der Waals surface area contributed by atoms with Gasteiger partial charge >= 0.3 is 0 Å². The molecule has 0 saturated heterocycles. The second kappa shape index (κ2) is 6.85. The van der Waals surface area contributed by atoms with E-state index in [4.69, 9.17) is 0 Å². The highest BCUT2D eigenvalue weighted by Gasteiger charge is 2.15. The van der Waals surface area contributed by atoms with Gasteiger partial charge in [0, 0.05) is 6.04 Å². The Balaban J connectivity index is 2.03. The quantitative estimate of drug-likeness (QED) is 0.885. The minimum Gasteiger partial charge on any atom is -0.349 e. The van der Waals surface area contributed by atoms with Crippen LogP contribution in [0.3, 0.4) is 0 Å². The first-order chi connectivity index (χ1) is 9.70. The molecule has 0 aliphatic rings. The molecule has 0 aliphatic carbocycles. The van der Waals surface area contributed by atoms with Crippen LogP contribution in [0.15, 0.2) is 54.6 Å². The van der Waals surface area contributed by atoms with E-state index < -0.39 is 5.82 Å².